The molecule has 106 valence electrons. The van der Waals surface area contributed by atoms with Gasteiger partial charge in [0.15, 0.2) is 0 Å². The number of hydrogen-bond donors (Lipinski definition) is 0. The highest BCUT2D eigenvalue weighted by atomic mass is 35.5. The van der Waals surface area contributed by atoms with Crippen LogP contribution >= 0.6 is 23.2 Å². The molecule has 1 heterocycles. The molecule has 0 spiro atoms. The number of halogens is 2. The largest absolute Gasteiger partial charge is 0.292 e. The molecule has 0 aliphatic rings. The van der Waals surface area contributed by atoms with Gasteiger partial charge < -0.3 is 0 Å². The number of hydrogen-bond acceptors (Lipinski definition) is 2. The first-order valence-corrected chi connectivity index (χ1v) is 7.16. The molecule has 0 saturated heterocycles. The second-order valence-electron chi connectivity index (χ2n) is 5.11. The first-order valence-electron chi connectivity index (χ1n) is 6.41. The zero-order valence-electron chi connectivity index (χ0n) is 11.7. The van der Waals surface area contributed by atoms with Crippen molar-refractivity contribution in [3.05, 3.63) is 61.7 Å². The average molecular weight is 311 g/mol. The maximum absolute atomic E-state index is 12.1. The smallest absolute Gasteiger partial charge is 0.255 e. The number of benzene rings is 1. The third kappa shape index (κ3) is 3.22. The summed E-state index contributed by atoms with van der Waals surface area (Å²) in [4.78, 5) is 16.4. The van der Waals surface area contributed by atoms with E-state index >= 15 is 0 Å². The predicted molar refractivity (Wildman–Crippen MR) is 82.9 cm³/mol. The summed E-state index contributed by atoms with van der Waals surface area (Å²) >= 11 is 12.1. The zero-order valence-corrected chi connectivity index (χ0v) is 13.2. The number of nitrogens with zero attached hydrogens (tertiary/aromatic N) is 2. The second kappa shape index (κ2) is 5.98. The number of aromatic nitrogens is 2. The van der Waals surface area contributed by atoms with Crippen molar-refractivity contribution in [3.63, 3.8) is 0 Å². The lowest BCUT2D eigenvalue weighted by Crippen LogP contribution is -2.26. The van der Waals surface area contributed by atoms with Crippen LogP contribution in [0.1, 0.15) is 36.7 Å². The Morgan fingerprint density at radius 2 is 1.95 bits per heavy atom. The van der Waals surface area contributed by atoms with Crippen LogP contribution in [0.15, 0.2) is 29.1 Å². The molecule has 0 N–H and O–H groups in total. The third-order valence-electron chi connectivity index (χ3n) is 3.06. The van der Waals surface area contributed by atoms with Crippen molar-refractivity contribution in [1.29, 1.82) is 0 Å². The van der Waals surface area contributed by atoms with Crippen molar-refractivity contribution in [2.75, 3.05) is 0 Å². The van der Waals surface area contributed by atoms with Gasteiger partial charge in [0.25, 0.3) is 5.56 Å². The van der Waals surface area contributed by atoms with E-state index in [0.29, 0.717) is 17.4 Å². The van der Waals surface area contributed by atoms with E-state index in [0.717, 1.165) is 11.1 Å². The summed E-state index contributed by atoms with van der Waals surface area (Å²) in [6, 6.07) is 7.13. The molecule has 1 aromatic heterocycles. The lowest BCUT2D eigenvalue weighted by atomic mass is 10.1. The van der Waals surface area contributed by atoms with Crippen LogP contribution < -0.4 is 5.56 Å². The SMILES string of the molecule is Cc1ccc(Cn2c(C(C)C)nc(Cl)cc2=O)c(Cl)c1. The second-order valence-corrected chi connectivity index (χ2v) is 5.91. The molecule has 0 amide bonds. The fourth-order valence-electron chi connectivity index (χ4n) is 2.05. The summed E-state index contributed by atoms with van der Waals surface area (Å²) in [5.41, 5.74) is 1.82. The van der Waals surface area contributed by atoms with Gasteiger partial charge >= 0.3 is 0 Å². The van der Waals surface area contributed by atoms with Crippen molar-refractivity contribution in [3.8, 4) is 0 Å². The van der Waals surface area contributed by atoms with E-state index in [2.05, 4.69) is 4.98 Å². The van der Waals surface area contributed by atoms with E-state index in [1.54, 1.807) is 4.57 Å². The lowest BCUT2D eigenvalue weighted by Gasteiger charge is -2.15. The van der Waals surface area contributed by atoms with Crippen LogP contribution in [0.3, 0.4) is 0 Å². The molecule has 1 aromatic carbocycles. The molecule has 0 unspecified atom stereocenters. The molecule has 2 rings (SSSR count). The normalized spacial score (nSPS) is 11.1. The Labute approximate surface area is 128 Å². The first-order chi connectivity index (χ1) is 9.38. The van der Waals surface area contributed by atoms with Crippen LogP contribution in [0.2, 0.25) is 10.2 Å². The maximum Gasteiger partial charge on any atom is 0.255 e. The Hall–Kier alpha value is -1.32. The molecule has 0 saturated carbocycles. The molecule has 2 aromatic rings. The summed E-state index contributed by atoms with van der Waals surface area (Å²) < 4.78 is 1.62. The summed E-state index contributed by atoms with van der Waals surface area (Å²) in [5, 5.41) is 0.881. The van der Waals surface area contributed by atoms with E-state index in [9.17, 15) is 4.79 Å². The monoisotopic (exact) mass is 310 g/mol. The Balaban J connectivity index is 2.50. The van der Waals surface area contributed by atoms with E-state index in [-0.39, 0.29) is 16.6 Å². The molecule has 0 fully saturated rings. The highest BCUT2D eigenvalue weighted by Gasteiger charge is 2.13. The predicted octanol–water partition coefficient (Wildman–Crippen LogP) is 4.03. The molecule has 0 bridgehead atoms. The van der Waals surface area contributed by atoms with E-state index in [1.807, 2.05) is 39.0 Å². The van der Waals surface area contributed by atoms with Crippen LogP contribution in [0.4, 0.5) is 0 Å². The Bertz CT molecular complexity index is 693. The Kier molecular flexibility index (Phi) is 4.51. The van der Waals surface area contributed by atoms with Gasteiger partial charge in [-0.15, -0.1) is 0 Å². The Morgan fingerprint density at radius 3 is 2.55 bits per heavy atom. The van der Waals surface area contributed by atoms with E-state index in [1.165, 1.54) is 6.07 Å². The highest BCUT2D eigenvalue weighted by Crippen LogP contribution is 2.20. The van der Waals surface area contributed by atoms with Crippen LogP contribution in [0.25, 0.3) is 0 Å². The van der Waals surface area contributed by atoms with E-state index in [4.69, 9.17) is 23.2 Å². The van der Waals surface area contributed by atoms with Gasteiger partial charge in [0, 0.05) is 17.0 Å². The molecule has 20 heavy (non-hydrogen) atoms. The fourth-order valence-corrected chi connectivity index (χ4v) is 2.52. The van der Waals surface area contributed by atoms with Crippen molar-refractivity contribution < 1.29 is 0 Å². The topological polar surface area (TPSA) is 34.9 Å². The highest BCUT2D eigenvalue weighted by molar-refractivity contribution is 6.31. The molecule has 5 heteroatoms. The average Bonchev–Trinajstić information content (AvgIpc) is 2.34. The maximum atomic E-state index is 12.1. The third-order valence-corrected chi connectivity index (χ3v) is 3.61. The first kappa shape index (κ1) is 15.1. The van der Waals surface area contributed by atoms with Gasteiger partial charge in [0.1, 0.15) is 11.0 Å². The minimum absolute atomic E-state index is 0.102. The van der Waals surface area contributed by atoms with Crippen LogP contribution in [-0.4, -0.2) is 9.55 Å². The van der Waals surface area contributed by atoms with Gasteiger partial charge in [-0.25, -0.2) is 4.98 Å². The van der Waals surface area contributed by atoms with Crippen molar-refractivity contribution >= 4 is 23.2 Å². The van der Waals surface area contributed by atoms with Crippen molar-refractivity contribution in [2.45, 2.75) is 33.2 Å². The molecule has 0 atom stereocenters. The molecule has 0 aliphatic heterocycles. The minimum atomic E-state index is -0.162. The van der Waals surface area contributed by atoms with Crippen LogP contribution in [-0.2, 0) is 6.54 Å². The van der Waals surface area contributed by atoms with Crippen LogP contribution in [0, 0.1) is 6.92 Å². The number of aryl methyl sites for hydroxylation is 1. The quantitative estimate of drug-likeness (QED) is 0.802. The van der Waals surface area contributed by atoms with Gasteiger partial charge in [0.05, 0.1) is 6.54 Å². The van der Waals surface area contributed by atoms with Crippen molar-refractivity contribution in [2.24, 2.45) is 0 Å². The minimum Gasteiger partial charge on any atom is -0.292 e. The molecule has 3 nitrogen and oxygen atoms in total. The number of rotatable bonds is 3. The zero-order chi connectivity index (χ0) is 14.9. The van der Waals surface area contributed by atoms with Gasteiger partial charge in [-0.3, -0.25) is 9.36 Å². The van der Waals surface area contributed by atoms with Crippen LogP contribution in [0.5, 0.6) is 0 Å². The van der Waals surface area contributed by atoms with Gasteiger partial charge in [0.2, 0.25) is 0 Å². The molecule has 0 radical (unpaired) electrons. The molecule has 0 aliphatic carbocycles. The van der Waals surface area contributed by atoms with E-state index < -0.39 is 0 Å². The standard InChI is InChI=1S/C15H16Cl2N2O/c1-9(2)15-18-13(17)7-14(20)19(15)8-11-5-4-10(3)6-12(11)16/h4-7,9H,8H2,1-3H3. The summed E-state index contributed by atoms with van der Waals surface area (Å²) in [6.07, 6.45) is 0. The van der Waals surface area contributed by atoms with Crippen molar-refractivity contribution in [1.82, 2.24) is 9.55 Å². The molecular weight excluding hydrogens is 295 g/mol. The van der Waals surface area contributed by atoms with Gasteiger partial charge in [-0.05, 0) is 24.1 Å². The van der Waals surface area contributed by atoms with Gasteiger partial charge in [-0.2, -0.15) is 0 Å². The lowest BCUT2D eigenvalue weighted by molar-refractivity contribution is 0.625. The van der Waals surface area contributed by atoms with Gasteiger partial charge in [-0.1, -0.05) is 49.2 Å². The summed E-state index contributed by atoms with van der Waals surface area (Å²) in [7, 11) is 0. The fraction of sp³-hybridized carbons (Fsp3) is 0.333. The Morgan fingerprint density at radius 1 is 1.25 bits per heavy atom. The summed E-state index contributed by atoms with van der Waals surface area (Å²) in [5.74, 6) is 0.768. The summed E-state index contributed by atoms with van der Waals surface area (Å²) in [6.45, 7) is 6.33. The molecular formula is C15H16Cl2N2O.